The lowest BCUT2D eigenvalue weighted by molar-refractivity contribution is -0.151. The number of pyridine rings is 1. The predicted molar refractivity (Wildman–Crippen MR) is 92.3 cm³/mol. The van der Waals surface area contributed by atoms with Crippen LogP contribution in [0.15, 0.2) is 6.07 Å². The molecule has 7 nitrogen and oxygen atoms in total. The Balaban J connectivity index is 2.02. The maximum Gasteiger partial charge on any atom is 0.324 e. The number of carboxylic acids is 1. The molecule has 2 heterocycles. The van der Waals surface area contributed by atoms with Crippen molar-refractivity contribution in [2.24, 2.45) is 0 Å². The number of ether oxygens (including phenoxy) is 2. The molecular formula is C14H16Cl2N2O5S. The predicted octanol–water partition coefficient (Wildman–Crippen LogP) is 2.70. The Morgan fingerprint density at radius 3 is 2.62 bits per heavy atom. The van der Waals surface area contributed by atoms with E-state index in [1.54, 1.807) is 0 Å². The summed E-state index contributed by atoms with van der Waals surface area (Å²) in [6.45, 7) is 3.78. The summed E-state index contributed by atoms with van der Waals surface area (Å²) in [5, 5.41) is 12.1. The van der Waals surface area contributed by atoms with Gasteiger partial charge in [0.1, 0.15) is 5.02 Å². The summed E-state index contributed by atoms with van der Waals surface area (Å²) >= 11 is 13.0. The second-order valence-electron chi connectivity index (χ2n) is 5.40. The number of carboxylic acid groups (broad SMARTS) is 1. The van der Waals surface area contributed by atoms with Crippen LogP contribution in [0.1, 0.15) is 13.8 Å². The molecule has 132 valence electrons. The molecule has 0 bridgehead atoms. The molecule has 1 aromatic heterocycles. The van der Waals surface area contributed by atoms with Crippen molar-refractivity contribution in [2.75, 3.05) is 24.3 Å². The topological polar surface area (TPSA) is 97.8 Å². The highest BCUT2D eigenvalue weighted by Crippen LogP contribution is 2.34. The first kappa shape index (κ1) is 19.1. The number of aromatic nitrogens is 1. The normalized spacial score (nSPS) is 15.7. The third kappa shape index (κ3) is 4.44. The van der Waals surface area contributed by atoms with E-state index >= 15 is 0 Å². The van der Waals surface area contributed by atoms with Crippen LogP contribution in [0.4, 0.5) is 5.82 Å². The minimum atomic E-state index is -1.07. The van der Waals surface area contributed by atoms with E-state index < -0.39 is 16.6 Å². The average Bonchev–Trinajstić information content (AvgIpc) is 2.42. The molecular weight excluding hydrogens is 379 g/mol. The number of anilines is 1. The van der Waals surface area contributed by atoms with Gasteiger partial charge in [0.25, 0.3) is 0 Å². The van der Waals surface area contributed by atoms with Gasteiger partial charge in [0.15, 0.2) is 10.6 Å². The van der Waals surface area contributed by atoms with Crippen LogP contribution >= 0.6 is 35.0 Å². The Morgan fingerprint density at radius 2 is 2.12 bits per heavy atom. The highest BCUT2D eigenvalue weighted by Gasteiger charge is 2.47. The summed E-state index contributed by atoms with van der Waals surface area (Å²) in [7, 11) is 0. The van der Waals surface area contributed by atoms with E-state index in [0.29, 0.717) is 0 Å². The molecule has 2 rings (SSSR count). The van der Waals surface area contributed by atoms with E-state index in [4.69, 9.17) is 32.7 Å². The second-order valence-corrected chi connectivity index (χ2v) is 7.57. The molecule has 1 aliphatic rings. The fourth-order valence-corrected chi connectivity index (χ4v) is 3.16. The molecule has 0 unspecified atom stereocenters. The van der Waals surface area contributed by atoms with Gasteiger partial charge in [-0.15, -0.1) is 11.8 Å². The van der Waals surface area contributed by atoms with Crippen molar-refractivity contribution in [2.45, 2.75) is 24.7 Å². The number of hydrogen-bond donors (Lipinski definition) is 2. The van der Waals surface area contributed by atoms with Gasteiger partial charge in [-0.25, -0.2) is 0 Å². The average molecular weight is 395 g/mol. The lowest BCUT2D eigenvalue weighted by Crippen LogP contribution is -2.53. The number of aliphatic carboxylic acids is 1. The van der Waals surface area contributed by atoms with Crippen LogP contribution in [-0.4, -0.2) is 51.8 Å². The number of rotatable bonds is 7. The maximum absolute atomic E-state index is 12.1. The maximum atomic E-state index is 12.1. The summed E-state index contributed by atoms with van der Waals surface area (Å²) in [5.74, 6) is -1.23. The Morgan fingerprint density at radius 1 is 1.46 bits per heavy atom. The molecule has 1 aromatic rings. The van der Waals surface area contributed by atoms with Crippen molar-refractivity contribution in [3.05, 3.63) is 16.1 Å². The van der Waals surface area contributed by atoms with Crippen molar-refractivity contribution in [3.8, 4) is 5.88 Å². The van der Waals surface area contributed by atoms with Crippen LogP contribution in [0.3, 0.4) is 0 Å². The van der Waals surface area contributed by atoms with Crippen molar-refractivity contribution in [1.29, 1.82) is 0 Å². The quantitative estimate of drug-likeness (QED) is 0.733. The lowest BCUT2D eigenvalue weighted by atomic mass is 10.1. The molecule has 1 aliphatic heterocycles. The molecule has 1 saturated heterocycles. The van der Waals surface area contributed by atoms with Crippen molar-refractivity contribution < 1.29 is 24.2 Å². The summed E-state index contributed by atoms with van der Waals surface area (Å²) in [5.41, 5.74) is 0. The number of hydrogen-bond acceptors (Lipinski definition) is 6. The van der Waals surface area contributed by atoms with Gasteiger partial charge in [-0.1, -0.05) is 23.2 Å². The highest BCUT2D eigenvalue weighted by atomic mass is 35.5. The van der Waals surface area contributed by atoms with Gasteiger partial charge in [-0.05, 0) is 19.9 Å². The van der Waals surface area contributed by atoms with Crippen LogP contribution < -0.4 is 10.1 Å². The first-order valence-electron chi connectivity index (χ1n) is 7.01. The summed E-state index contributed by atoms with van der Waals surface area (Å²) in [6, 6.07) is 1.43. The summed E-state index contributed by atoms with van der Waals surface area (Å²) in [6.07, 6.45) is -0.149. The van der Waals surface area contributed by atoms with Crippen molar-refractivity contribution in [3.63, 3.8) is 0 Å². The van der Waals surface area contributed by atoms with Crippen LogP contribution in [-0.2, 0) is 14.3 Å². The Bertz CT molecular complexity index is 652. The number of nitrogens with zero attached hydrogens (tertiary/aromatic N) is 1. The summed E-state index contributed by atoms with van der Waals surface area (Å²) < 4.78 is 9.31. The molecule has 0 spiro atoms. The molecule has 0 aliphatic carbocycles. The zero-order chi connectivity index (χ0) is 17.9. The van der Waals surface area contributed by atoms with Gasteiger partial charge >= 0.3 is 5.97 Å². The SMILES string of the molecule is CC(C)Oc1nc(NC(=O)CSC2(C(=O)O)COC2)c(Cl)cc1Cl. The van der Waals surface area contributed by atoms with E-state index in [1.807, 2.05) is 13.8 Å². The Labute approximate surface area is 153 Å². The fraction of sp³-hybridized carbons (Fsp3) is 0.500. The number of halogens is 2. The molecule has 0 aromatic carbocycles. The first-order valence-corrected chi connectivity index (χ1v) is 8.75. The van der Waals surface area contributed by atoms with E-state index in [1.165, 1.54) is 6.07 Å². The molecule has 1 fully saturated rings. The number of thioether (sulfide) groups is 1. The number of nitrogens with one attached hydrogen (secondary N) is 1. The number of carbonyl (C=O) groups is 2. The minimum absolute atomic E-state index is 0.0728. The van der Waals surface area contributed by atoms with E-state index in [0.717, 1.165) is 11.8 Å². The van der Waals surface area contributed by atoms with Gasteiger partial charge in [-0.2, -0.15) is 4.98 Å². The molecule has 1 amide bonds. The van der Waals surface area contributed by atoms with E-state index in [2.05, 4.69) is 10.3 Å². The van der Waals surface area contributed by atoms with Gasteiger partial charge in [0, 0.05) is 0 Å². The molecule has 0 saturated carbocycles. The molecule has 24 heavy (non-hydrogen) atoms. The molecule has 2 N–H and O–H groups in total. The Kier molecular flexibility index (Phi) is 6.19. The zero-order valence-electron chi connectivity index (χ0n) is 13.0. The Hall–Kier alpha value is -1.22. The van der Waals surface area contributed by atoms with E-state index in [9.17, 15) is 14.7 Å². The summed E-state index contributed by atoms with van der Waals surface area (Å²) in [4.78, 5) is 27.4. The van der Waals surface area contributed by atoms with Crippen LogP contribution in [0.25, 0.3) is 0 Å². The smallest absolute Gasteiger partial charge is 0.324 e. The van der Waals surface area contributed by atoms with Gasteiger partial charge in [0.05, 0.1) is 30.1 Å². The van der Waals surface area contributed by atoms with Crippen molar-refractivity contribution >= 4 is 52.7 Å². The first-order chi connectivity index (χ1) is 11.2. The number of carbonyl (C=O) groups excluding carboxylic acids is 1. The molecule has 0 radical (unpaired) electrons. The third-order valence-corrected chi connectivity index (χ3v) is 4.97. The van der Waals surface area contributed by atoms with Crippen LogP contribution in [0.5, 0.6) is 5.88 Å². The molecule has 10 heteroatoms. The van der Waals surface area contributed by atoms with E-state index in [-0.39, 0.29) is 46.8 Å². The van der Waals surface area contributed by atoms with Gasteiger partial charge < -0.3 is 19.9 Å². The standard InChI is InChI=1S/C14H16Cl2N2O5S/c1-7(2)23-12-9(16)3-8(15)11(18-12)17-10(19)4-24-14(13(20)21)5-22-6-14/h3,7H,4-6H2,1-2H3,(H,20,21)(H,17,18,19). The second kappa shape index (κ2) is 7.77. The molecule has 0 atom stereocenters. The number of amides is 1. The minimum Gasteiger partial charge on any atom is -0.480 e. The van der Waals surface area contributed by atoms with Gasteiger partial charge in [-0.3, -0.25) is 9.59 Å². The largest absolute Gasteiger partial charge is 0.480 e. The fourth-order valence-electron chi connectivity index (χ4n) is 1.77. The van der Waals surface area contributed by atoms with Crippen molar-refractivity contribution in [1.82, 2.24) is 4.98 Å². The van der Waals surface area contributed by atoms with Crippen LogP contribution in [0, 0.1) is 0 Å². The monoisotopic (exact) mass is 394 g/mol. The highest BCUT2D eigenvalue weighted by molar-refractivity contribution is 8.02. The third-order valence-electron chi connectivity index (χ3n) is 3.04. The van der Waals surface area contributed by atoms with Gasteiger partial charge in [0.2, 0.25) is 11.8 Å². The lowest BCUT2D eigenvalue weighted by Gasteiger charge is -2.36. The van der Waals surface area contributed by atoms with Crippen LogP contribution in [0.2, 0.25) is 10.0 Å². The zero-order valence-corrected chi connectivity index (χ0v) is 15.3.